The molecule has 1 aromatic carbocycles. The molecule has 0 N–H and O–H groups in total. The van der Waals surface area contributed by atoms with Crippen molar-refractivity contribution in [3.8, 4) is 5.75 Å². The van der Waals surface area contributed by atoms with Crippen molar-refractivity contribution in [1.29, 1.82) is 0 Å². The van der Waals surface area contributed by atoms with Crippen molar-refractivity contribution in [2.24, 2.45) is 0 Å². The van der Waals surface area contributed by atoms with E-state index in [0.29, 0.717) is 0 Å². The molecule has 0 spiro atoms. The van der Waals surface area contributed by atoms with E-state index in [4.69, 9.17) is 4.74 Å². The first-order chi connectivity index (χ1) is 7.31. The molecule has 0 saturated heterocycles. The average Bonchev–Trinajstić information content (AvgIpc) is 2.28. The summed E-state index contributed by atoms with van der Waals surface area (Å²) in [5, 5.41) is 0. The molecule has 0 amide bonds. The summed E-state index contributed by atoms with van der Waals surface area (Å²) < 4.78 is 5.56. The summed E-state index contributed by atoms with van der Waals surface area (Å²) in [4.78, 5) is 0. The van der Waals surface area contributed by atoms with E-state index in [1.807, 2.05) is 31.2 Å². The Bertz CT molecular complexity index is 350. The van der Waals surface area contributed by atoms with Gasteiger partial charge < -0.3 is 4.74 Å². The van der Waals surface area contributed by atoms with Crippen LogP contribution in [0.25, 0.3) is 12.2 Å². The lowest BCUT2D eigenvalue weighted by Gasteiger charge is -2.07. The molecule has 0 saturated carbocycles. The molecule has 0 aromatic heterocycles. The molecule has 1 nitrogen and oxygen atoms in total. The first kappa shape index (κ1) is 11.6. The largest absolute Gasteiger partial charge is 0.494 e. The number of benzene rings is 1. The third-order valence-corrected chi connectivity index (χ3v) is 2.10. The quantitative estimate of drug-likeness (QED) is 0.697. The molecule has 0 aliphatic carbocycles. The molecule has 0 aliphatic heterocycles. The zero-order valence-electron chi connectivity index (χ0n) is 9.49. The molecule has 1 heteroatoms. The minimum absolute atomic E-state index is 0.763. The van der Waals surface area contributed by atoms with Gasteiger partial charge in [-0.2, -0.15) is 0 Å². The van der Waals surface area contributed by atoms with Crippen molar-refractivity contribution in [2.45, 2.75) is 20.3 Å². The fourth-order valence-electron chi connectivity index (χ4n) is 1.37. The topological polar surface area (TPSA) is 9.23 Å². The third kappa shape index (κ3) is 3.28. The minimum atomic E-state index is 0.763. The highest BCUT2D eigenvalue weighted by Gasteiger charge is 1.98. The molecular weight excluding hydrogens is 184 g/mol. The molecule has 1 aromatic rings. The van der Waals surface area contributed by atoms with Crippen molar-refractivity contribution >= 4 is 12.2 Å². The second-order valence-electron chi connectivity index (χ2n) is 3.34. The number of ether oxygens (including phenoxy) is 1. The second-order valence-corrected chi connectivity index (χ2v) is 3.34. The van der Waals surface area contributed by atoms with Crippen LogP contribution in [0.4, 0.5) is 0 Å². The van der Waals surface area contributed by atoms with E-state index in [2.05, 4.69) is 25.6 Å². The second kappa shape index (κ2) is 6.07. The predicted molar refractivity (Wildman–Crippen MR) is 67.0 cm³/mol. The van der Waals surface area contributed by atoms with Crippen molar-refractivity contribution in [3.05, 3.63) is 42.0 Å². The number of hydrogen-bond donors (Lipinski definition) is 0. The lowest BCUT2D eigenvalue weighted by Crippen LogP contribution is -1.95. The van der Waals surface area contributed by atoms with Gasteiger partial charge in [0, 0.05) is 0 Å². The van der Waals surface area contributed by atoms with Gasteiger partial charge in [0.2, 0.25) is 0 Å². The highest BCUT2D eigenvalue weighted by atomic mass is 16.5. The van der Waals surface area contributed by atoms with E-state index in [1.165, 1.54) is 5.56 Å². The summed E-state index contributed by atoms with van der Waals surface area (Å²) in [5.41, 5.74) is 2.29. The molecule has 0 heterocycles. The van der Waals surface area contributed by atoms with Crippen LogP contribution in [-0.4, -0.2) is 6.61 Å². The van der Waals surface area contributed by atoms with Crippen LogP contribution in [0.1, 0.15) is 31.4 Å². The Labute approximate surface area is 92.1 Å². The minimum Gasteiger partial charge on any atom is -0.494 e. The lowest BCUT2D eigenvalue weighted by molar-refractivity contribution is 0.317. The Morgan fingerprint density at radius 3 is 2.73 bits per heavy atom. The first-order valence-corrected chi connectivity index (χ1v) is 5.33. The molecule has 0 radical (unpaired) electrons. The summed E-state index contributed by atoms with van der Waals surface area (Å²) >= 11 is 0. The molecule has 0 atom stereocenters. The van der Waals surface area contributed by atoms with Gasteiger partial charge in [0.1, 0.15) is 5.75 Å². The van der Waals surface area contributed by atoms with E-state index in [9.17, 15) is 0 Å². The van der Waals surface area contributed by atoms with E-state index in [0.717, 1.165) is 24.3 Å². The Morgan fingerprint density at radius 1 is 1.33 bits per heavy atom. The molecule has 15 heavy (non-hydrogen) atoms. The Hall–Kier alpha value is -1.50. The van der Waals surface area contributed by atoms with Crippen LogP contribution in [0.5, 0.6) is 5.75 Å². The van der Waals surface area contributed by atoms with Crippen LogP contribution >= 0.6 is 0 Å². The van der Waals surface area contributed by atoms with Crippen LogP contribution in [0.2, 0.25) is 0 Å². The van der Waals surface area contributed by atoms with Crippen molar-refractivity contribution in [3.63, 3.8) is 0 Å². The normalized spacial score (nSPS) is 10.5. The molecule has 80 valence electrons. The standard InChI is InChI=1S/C14H18O/c1-4-7-13-8-9-14(15-10-5-2)11-12(13)6-3/h4,6-9,11H,3,5,10H2,1-2H3/b7-4-. The maximum atomic E-state index is 5.56. The Balaban J connectivity index is 2.91. The Morgan fingerprint density at radius 2 is 2.13 bits per heavy atom. The molecule has 0 aliphatic rings. The van der Waals surface area contributed by atoms with E-state index >= 15 is 0 Å². The molecule has 1 rings (SSSR count). The van der Waals surface area contributed by atoms with Crippen LogP contribution in [0, 0.1) is 0 Å². The highest BCUT2D eigenvalue weighted by Crippen LogP contribution is 2.20. The number of rotatable bonds is 5. The maximum Gasteiger partial charge on any atom is 0.119 e. The van der Waals surface area contributed by atoms with Gasteiger partial charge in [0.15, 0.2) is 0 Å². The predicted octanol–water partition coefficient (Wildman–Crippen LogP) is 4.15. The Kier molecular flexibility index (Phi) is 4.69. The zero-order chi connectivity index (χ0) is 11.1. The fraction of sp³-hybridized carbons (Fsp3) is 0.286. The van der Waals surface area contributed by atoms with Crippen LogP contribution < -0.4 is 4.74 Å². The number of allylic oxidation sites excluding steroid dienone is 1. The third-order valence-electron chi connectivity index (χ3n) is 2.10. The van der Waals surface area contributed by atoms with E-state index in [1.54, 1.807) is 0 Å². The number of hydrogen-bond acceptors (Lipinski definition) is 1. The average molecular weight is 202 g/mol. The first-order valence-electron chi connectivity index (χ1n) is 5.33. The van der Waals surface area contributed by atoms with Crippen LogP contribution in [0.3, 0.4) is 0 Å². The molecule has 0 fully saturated rings. The van der Waals surface area contributed by atoms with Crippen molar-refractivity contribution in [1.82, 2.24) is 0 Å². The SMILES string of the molecule is C=Cc1cc(OCCC)ccc1/C=C\C. The molecular formula is C14H18O. The fourth-order valence-corrected chi connectivity index (χ4v) is 1.37. The van der Waals surface area contributed by atoms with E-state index < -0.39 is 0 Å². The summed E-state index contributed by atoms with van der Waals surface area (Å²) in [5.74, 6) is 0.917. The summed E-state index contributed by atoms with van der Waals surface area (Å²) in [6, 6.07) is 6.08. The summed E-state index contributed by atoms with van der Waals surface area (Å²) in [6.07, 6.45) is 6.98. The van der Waals surface area contributed by atoms with Gasteiger partial charge in [0.05, 0.1) is 6.61 Å². The maximum absolute atomic E-state index is 5.56. The van der Waals surface area contributed by atoms with Crippen molar-refractivity contribution < 1.29 is 4.74 Å². The molecule has 0 unspecified atom stereocenters. The van der Waals surface area contributed by atoms with Crippen molar-refractivity contribution in [2.75, 3.05) is 6.61 Å². The van der Waals surface area contributed by atoms with Gasteiger partial charge in [-0.15, -0.1) is 0 Å². The summed E-state index contributed by atoms with van der Waals surface area (Å²) in [6.45, 7) is 8.68. The van der Waals surface area contributed by atoms with Gasteiger partial charge in [0.25, 0.3) is 0 Å². The highest BCUT2D eigenvalue weighted by molar-refractivity contribution is 5.65. The lowest BCUT2D eigenvalue weighted by atomic mass is 10.1. The van der Waals surface area contributed by atoms with Gasteiger partial charge in [-0.3, -0.25) is 0 Å². The summed E-state index contributed by atoms with van der Waals surface area (Å²) in [7, 11) is 0. The van der Waals surface area contributed by atoms with E-state index in [-0.39, 0.29) is 0 Å². The van der Waals surface area contributed by atoms with Gasteiger partial charge in [-0.05, 0) is 36.6 Å². The van der Waals surface area contributed by atoms with Gasteiger partial charge in [-0.25, -0.2) is 0 Å². The van der Waals surface area contributed by atoms with Crippen LogP contribution in [-0.2, 0) is 0 Å². The smallest absolute Gasteiger partial charge is 0.119 e. The van der Waals surface area contributed by atoms with Crippen LogP contribution in [0.15, 0.2) is 30.9 Å². The van der Waals surface area contributed by atoms with Gasteiger partial charge in [-0.1, -0.05) is 37.8 Å². The monoisotopic (exact) mass is 202 g/mol. The zero-order valence-corrected chi connectivity index (χ0v) is 9.49. The van der Waals surface area contributed by atoms with Gasteiger partial charge >= 0.3 is 0 Å². The molecule has 0 bridgehead atoms.